The molecule has 1 fully saturated rings. The Morgan fingerprint density at radius 1 is 1.19 bits per heavy atom. The van der Waals surface area contributed by atoms with Gasteiger partial charge in [0.1, 0.15) is 15.8 Å². The van der Waals surface area contributed by atoms with Gasteiger partial charge in [-0.15, -0.1) is 0 Å². The van der Waals surface area contributed by atoms with Crippen molar-refractivity contribution in [2.24, 2.45) is 0 Å². The smallest absolute Gasteiger partial charge is 0.267 e. The number of hydrogen-bond acceptors (Lipinski definition) is 8. The number of thioether (sulfide) groups is 1. The van der Waals surface area contributed by atoms with E-state index in [0.717, 1.165) is 17.5 Å². The molecule has 37 heavy (non-hydrogen) atoms. The number of methoxy groups -OCH3 is 2. The maximum absolute atomic E-state index is 13.5. The molecular formula is C27H30N4O4S2. The molecular weight excluding hydrogens is 508 g/mol. The quantitative estimate of drug-likeness (QED) is 0.311. The first-order valence-electron chi connectivity index (χ1n) is 12.0. The second-order valence-corrected chi connectivity index (χ2v) is 10.5. The highest BCUT2D eigenvalue weighted by molar-refractivity contribution is 8.26. The SMILES string of the molecule is CC[C@@H](C)Nc1nc2c(C)cccn2c(=O)c1/C=C1\SC(=S)N(CCc2ccc(OC)c(OC)c2)C1=O. The number of amides is 1. The van der Waals surface area contributed by atoms with E-state index in [0.29, 0.717) is 50.7 Å². The minimum atomic E-state index is -0.241. The lowest BCUT2D eigenvalue weighted by Crippen LogP contribution is -2.30. The summed E-state index contributed by atoms with van der Waals surface area (Å²) in [6.45, 7) is 6.40. The molecule has 194 valence electrons. The van der Waals surface area contributed by atoms with Crippen LogP contribution in [0.25, 0.3) is 11.7 Å². The summed E-state index contributed by atoms with van der Waals surface area (Å²) in [5.74, 6) is 1.51. The minimum Gasteiger partial charge on any atom is -0.493 e. The molecule has 1 saturated heterocycles. The lowest BCUT2D eigenvalue weighted by atomic mass is 10.1. The van der Waals surface area contributed by atoms with Crippen molar-refractivity contribution in [3.05, 3.63) is 68.5 Å². The van der Waals surface area contributed by atoms with Crippen LogP contribution in [-0.4, -0.2) is 51.3 Å². The number of aryl methyl sites for hydroxylation is 1. The van der Waals surface area contributed by atoms with E-state index in [9.17, 15) is 9.59 Å². The number of benzene rings is 1. The van der Waals surface area contributed by atoms with Gasteiger partial charge in [-0.3, -0.25) is 18.9 Å². The summed E-state index contributed by atoms with van der Waals surface area (Å²) in [7, 11) is 3.18. The third-order valence-electron chi connectivity index (χ3n) is 6.30. The van der Waals surface area contributed by atoms with Gasteiger partial charge in [0.2, 0.25) is 0 Å². The number of ether oxygens (including phenoxy) is 2. The van der Waals surface area contributed by atoms with Crippen molar-refractivity contribution >= 4 is 51.7 Å². The normalized spacial score (nSPS) is 15.5. The van der Waals surface area contributed by atoms with Gasteiger partial charge < -0.3 is 14.8 Å². The molecule has 4 rings (SSSR count). The van der Waals surface area contributed by atoms with Gasteiger partial charge in [0, 0.05) is 18.8 Å². The van der Waals surface area contributed by atoms with Crippen molar-refractivity contribution in [3.63, 3.8) is 0 Å². The number of aromatic nitrogens is 2. The molecule has 0 saturated carbocycles. The summed E-state index contributed by atoms with van der Waals surface area (Å²) in [5.41, 5.74) is 2.56. The summed E-state index contributed by atoms with van der Waals surface area (Å²) >= 11 is 6.73. The number of fused-ring (bicyclic) bond motifs is 1. The fourth-order valence-electron chi connectivity index (χ4n) is 3.99. The zero-order valence-corrected chi connectivity index (χ0v) is 23.2. The highest BCUT2D eigenvalue weighted by Crippen LogP contribution is 2.34. The number of nitrogens with zero attached hydrogens (tertiary/aromatic N) is 3. The van der Waals surface area contributed by atoms with Crippen molar-refractivity contribution in [2.45, 2.75) is 39.7 Å². The molecule has 1 aliphatic rings. The van der Waals surface area contributed by atoms with Crippen molar-refractivity contribution in [2.75, 3.05) is 26.1 Å². The third kappa shape index (κ3) is 5.50. The molecule has 0 aliphatic carbocycles. The van der Waals surface area contributed by atoms with E-state index in [1.165, 1.54) is 16.2 Å². The van der Waals surface area contributed by atoms with Gasteiger partial charge in [0.15, 0.2) is 11.5 Å². The number of carbonyl (C=O) groups is 1. The predicted octanol–water partition coefficient (Wildman–Crippen LogP) is 4.67. The Balaban J connectivity index is 1.64. The molecule has 1 aliphatic heterocycles. The summed E-state index contributed by atoms with van der Waals surface area (Å²) in [6, 6.07) is 9.49. The third-order valence-corrected chi connectivity index (χ3v) is 7.68. The van der Waals surface area contributed by atoms with Crippen LogP contribution in [-0.2, 0) is 11.2 Å². The molecule has 8 nitrogen and oxygen atoms in total. The highest BCUT2D eigenvalue weighted by Gasteiger charge is 2.32. The number of carbonyl (C=O) groups excluding carboxylic acids is 1. The molecule has 1 aromatic carbocycles. The van der Waals surface area contributed by atoms with E-state index < -0.39 is 0 Å². The van der Waals surface area contributed by atoms with E-state index in [4.69, 9.17) is 26.7 Å². The lowest BCUT2D eigenvalue weighted by molar-refractivity contribution is -0.122. The van der Waals surface area contributed by atoms with Crippen LogP contribution < -0.4 is 20.3 Å². The Kier molecular flexibility index (Phi) is 8.19. The lowest BCUT2D eigenvalue weighted by Gasteiger charge is -2.16. The van der Waals surface area contributed by atoms with Crippen molar-refractivity contribution in [1.29, 1.82) is 0 Å². The number of hydrogen-bond donors (Lipinski definition) is 1. The number of thiocarbonyl (C=S) groups is 1. The molecule has 2 aromatic heterocycles. The average molecular weight is 539 g/mol. The fraction of sp³-hybridized carbons (Fsp3) is 0.333. The van der Waals surface area contributed by atoms with Crippen LogP contribution in [0.2, 0.25) is 0 Å². The van der Waals surface area contributed by atoms with E-state index in [1.54, 1.807) is 31.4 Å². The van der Waals surface area contributed by atoms with Crippen molar-refractivity contribution in [3.8, 4) is 11.5 Å². The van der Waals surface area contributed by atoms with Gasteiger partial charge >= 0.3 is 0 Å². The van der Waals surface area contributed by atoms with Crippen molar-refractivity contribution < 1.29 is 14.3 Å². The van der Waals surface area contributed by atoms with Crippen LogP contribution in [0.15, 0.2) is 46.2 Å². The van der Waals surface area contributed by atoms with Crippen LogP contribution in [0.5, 0.6) is 11.5 Å². The van der Waals surface area contributed by atoms with Gasteiger partial charge in [-0.05, 0) is 62.1 Å². The number of pyridine rings is 1. The van der Waals surface area contributed by atoms with Crippen molar-refractivity contribution in [1.82, 2.24) is 14.3 Å². The Morgan fingerprint density at radius 3 is 2.65 bits per heavy atom. The second-order valence-electron chi connectivity index (χ2n) is 8.79. The molecule has 3 aromatic rings. The molecule has 0 bridgehead atoms. The van der Waals surface area contributed by atoms with Crippen LogP contribution in [0.4, 0.5) is 5.82 Å². The van der Waals surface area contributed by atoms with E-state index >= 15 is 0 Å². The van der Waals surface area contributed by atoms with Crippen LogP contribution >= 0.6 is 24.0 Å². The van der Waals surface area contributed by atoms with E-state index in [1.807, 2.05) is 44.2 Å². The van der Waals surface area contributed by atoms with Gasteiger partial charge in [-0.1, -0.05) is 43.0 Å². The van der Waals surface area contributed by atoms with Gasteiger partial charge in [0.05, 0.1) is 24.7 Å². The first-order chi connectivity index (χ1) is 17.8. The van der Waals surface area contributed by atoms with Gasteiger partial charge in [0.25, 0.3) is 11.5 Å². The van der Waals surface area contributed by atoms with Crippen LogP contribution in [0.1, 0.15) is 37.0 Å². The standard InChI is InChI=1S/C27H30N4O4S2/c1-6-17(3)28-23-19(25(32)30-12-7-8-16(2)24(30)29-23)15-22-26(33)31(27(36)37-22)13-11-18-9-10-20(34-4)21(14-18)35-5/h7-10,12,14-15,17,28H,6,11,13H2,1-5H3/b22-15-/t17-/m1/s1. The largest absolute Gasteiger partial charge is 0.493 e. The molecule has 1 N–H and O–H groups in total. The predicted molar refractivity (Wildman–Crippen MR) is 153 cm³/mol. The maximum atomic E-state index is 13.5. The zero-order valence-electron chi connectivity index (χ0n) is 21.5. The first-order valence-corrected chi connectivity index (χ1v) is 13.2. The van der Waals surface area contributed by atoms with Crippen LogP contribution in [0.3, 0.4) is 0 Å². The number of rotatable bonds is 9. The average Bonchev–Trinajstić information content (AvgIpc) is 3.16. The highest BCUT2D eigenvalue weighted by atomic mass is 32.2. The molecule has 1 atom stereocenters. The monoisotopic (exact) mass is 538 g/mol. The Bertz CT molecular complexity index is 1450. The maximum Gasteiger partial charge on any atom is 0.267 e. The number of nitrogens with one attached hydrogen (secondary N) is 1. The fourth-order valence-corrected chi connectivity index (χ4v) is 5.28. The summed E-state index contributed by atoms with van der Waals surface area (Å²) in [6.07, 6.45) is 4.74. The van der Waals surface area contributed by atoms with E-state index in [2.05, 4.69) is 12.2 Å². The first kappa shape index (κ1) is 26.7. The second kappa shape index (κ2) is 11.4. The molecule has 3 heterocycles. The summed E-state index contributed by atoms with van der Waals surface area (Å²) in [4.78, 5) is 33.6. The Morgan fingerprint density at radius 2 is 1.95 bits per heavy atom. The van der Waals surface area contributed by atoms with Crippen LogP contribution in [0, 0.1) is 6.92 Å². The Labute approximate surface area is 225 Å². The minimum absolute atomic E-state index is 0.0986. The molecule has 0 radical (unpaired) electrons. The topological polar surface area (TPSA) is 85.2 Å². The zero-order chi connectivity index (χ0) is 26.7. The summed E-state index contributed by atoms with van der Waals surface area (Å²) in [5, 5.41) is 3.34. The Hall–Kier alpha value is -3.37. The molecule has 10 heteroatoms. The summed E-state index contributed by atoms with van der Waals surface area (Å²) < 4.78 is 12.7. The molecule has 1 amide bonds. The van der Waals surface area contributed by atoms with E-state index in [-0.39, 0.29) is 17.5 Å². The number of anilines is 1. The molecule has 0 unspecified atom stereocenters. The van der Waals surface area contributed by atoms with Gasteiger partial charge in [-0.25, -0.2) is 4.98 Å². The molecule has 0 spiro atoms. The van der Waals surface area contributed by atoms with Gasteiger partial charge in [-0.2, -0.15) is 0 Å².